The van der Waals surface area contributed by atoms with Crippen LogP contribution in [0, 0.1) is 22.2 Å². The molecule has 1 amide bonds. The summed E-state index contributed by atoms with van der Waals surface area (Å²) in [6.45, 7) is 0.919. The van der Waals surface area contributed by atoms with Crippen molar-refractivity contribution in [3.05, 3.63) is 69.2 Å². The average molecular weight is 466 g/mol. The van der Waals surface area contributed by atoms with E-state index in [9.17, 15) is 20.1 Å². The van der Waals surface area contributed by atoms with Gasteiger partial charge in [-0.25, -0.2) is 5.43 Å². The van der Waals surface area contributed by atoms with Crippen molar-refractivity contribution in [2.45, 2.75) is 6.92 Å². The first kappa shape index (κ1) is 22.3. The van der Waals surface area contributed by atoms with Gasteiger partial charge in [-0.15, -0.1) is 0 Å². The predicted octanol–water partition coefficient (Wildman–Crippen LogP) is 2.21. The molecule has 0 unspecified atom stereocenters. The molecule has 0 aliphatic carbocycles. The third-order valence-corrected chi connectivity index (χ3v) is 4.93. The van der Waals surface area contributed by atoms with Crippen LogP contribution in [0.15, 0.2) is 52.3 Å². The predicted molar refractivity (Wildman–Crippen MR) is 118 cm³/mol. The number of benzene rings is 2. The number of ether oxygens (including phenoxy) is 2. The quantitative estimate of drug-likeness (QED) is 0.172. The zero-order valence-electron chi connectivity index (χ0n) is 18.0. The molecular formula is C21H18N6O7. The van der Waals surface area contributed by atoms with Gasteiger partial charge >= 0.3 is 0 Å². The molecule has 0 saturated heterocycles. The highest BCUT2D eigenvalue weighted by atomic mass is 16.8. The lowest BCUT2D eigenvalue weighted by atomic mass is 10.1. The lowest BCUT2D eigenvalue weighted by Gasteiger charge is -2.11. The van der Waals surface area contributed by atoms with Crippen LogP contribution in [0.5, 0.6) is 11.5 Å². The van der Waals surface area contributed by atoms with E-state index in [-0.39, 0.29) is 33.4 Å². The fourth-order valence-electron chi connectivity index (χ4n) is 3.25. The summed E-state index contributed by atoms with van der Waals surface area (Å²) in [4.78, 5) is 26.3. The van der Waals surface area contributed by atoms with Gasteiger partial charge in [-0.1, -0.05) is 18.2 Å². The van der Waals surface area contributed by atoms with Gasteiger partial charge in [0.15, 0.2) is 18.1 Å². The van der Waals surface area contributed by atoms with E-state index >= 15 is 0 Å². The van der Waals surface area contributed by atoms with Crippen LogP contribution in [0.2, 0.25) is 0 Å². The zero-order valence-corrected chi connectivity index (χ0v) is 18.0. The van der Waals surface area contributed by atoms with E-state index in [0.29, 0.717) is 0 Å². The Morgan fingerprint density at radius 1 is 1.35 bits per heavy atom. The summed E-state index contributed by atoms with van der Waals surface area (Å²) in [5.74, 6) is -0.551. The zero-order chi connectivity index (χ0) is 24.2. The van der Waals surface area contributed by atoms with E-state index in [1.165, 1.54) is 26.3 Å². The van der Waals surface area contributed by atoms with E-state index in [1.807, 2.05) is 24.3 Å². The van der Waals surface area contributed by atoms with Gasteiger partial charge in [-0.05, 0) is 11.0 Å². The van der Waals surface area contributed by atoms with Crippen molar-refractivity contribution in [2.75, 3.05) is 13.7 Å². The first-order valence-electron chi connectivity index (χ1n) is 9.83. The van der Waals surface area contributed by atoms with Crippen molar-refractivity contribution in [3.8, 4) is 22.8 Å². The monoisotopic (exact) mass is 466 g/mol. The number of aromatic nitrogens is 3. The fraction of sp³-hybridized carbons (Fsp3) is 0.143. The maximum absolute atomic E-state index is 12.2. The van der Waals surface area contributed by atoms with Crippen LogP contribution in [0.1, 0.15) is 11.3 Å². The molecule has 4 rings (SSSR count). The van der Waals surface area contributed by atoms with Crippen LogP contribution in [0.4, 0.5) is 5.69 Å². The molecule has 0 atom stereocenters. The van der Waals surface area contributed by atoms with Crippen LogP contribution < -0.4 is 19.8 Å². The molecule has 0 saturated carbocycles. The van der Waals surface area contributed by atoms with E-state index in [1.54, 1.807) is 6.20 Å². The summed E-state index contributed by atoms with van der Waals surface area (Å²) in [5, 5.41) is 31.6. The van der Waals surface area contributed by atoms with Crippen LogP contribution in [0.3, 0.4) is 0 Å². The number of nitrogens with zero attached hydrogens (tertiary/aromatic N) is 4. The first-order valence-corrected chi connectivity index (χ1v) is 9.83. The molecule has 0 spiro atoms. The second kappa shape index (κ2) is 9.28. The summed E-state index contributed by atoms with van der Waals surface area (Å²) in [5.41, 5.74) is 3.65. The molecule has 13 nitrogen and oxygen atoms in total. The van der Waals surface area contributed by atoms with Crippen LogP contribution in [-0.2, 0) is 4.79 Å². The number of nitro groups is 1. The Morgan fingerprint density at radius 3 is 2.85 bits per heavy atom. The number of methoxy groups -OCH3 is 1. The molecular weight excluding hydrogens is 448 g/mol. The van der Waals surface area contributed by atoms with Crippen molar-refractivity contribution in [2.24, 2.45) is 5.10 Å². The number of hydrogen-bond acceptors (Lipinski definition) is 9. The number of nitrogens with one attached hydrogen (secondary N) is 2. The fourth-order valence-corrected chi connectivity index (χ4v) is 3.25. The Morgan fingerprint density at radius 2 is 2.15 bits per heavy atom. The second-order valence-corrected chi connectivity index (χ2v) is 7.01. The molecule has 34 heavy (non-hydrogen) atoms. The molecule has 2 N–H and O–H groups in total. The van der Waals surface area contributed by atoms with Crippen molar-refractivity contribution < 1.29 is 28.7 Å². The number of fused-ring (bicyclic) bond motifs is 1. The number of rotatable bonds is 8. The molecule has 0 radical (unpaired) electrons. The minimum atomic E-state index is -0.670. The highest BCUT2D eigenvalue weighted by Crippen LogP contribution is 2.39. The van der Waals surface area contributed by atoms with Gasteiger partial charge in [-0.2, -0.15) is 5.10 Å². The maximum atomic E-state index is 12.2. The molecule has 2 aromatic heterocycles. The number of amides is 1. The van der Waals surface area contributed by atoms with E-state index in [0.717, 1.165) is 22.5 Å². The van der Waals surface area contributed by atoms with E-state index in [2.05, 4.69) is 25.3 Å². The lowest BCUT2D eigenvalue weighted by Crippen LogP contribution is -2.25. The Hall–Kier alpha value is -4.94. The third-order valence-electron chi connectivity index (χ3n) is 4.93. The number of aromatic amines is 1. The minimum absolute atomic E-state index is 0.00201. The highest BCUT2D eigenvalue weighted by Gasteiger charge is 2.29. The summed E-state index contributed by atoms with van der Waals surface area (Å²) in [6, 6.07) is 9.99. The lowest BCUT2D eigenvalue weighted by molar-refractivity contribution is -0.806. The molecule has 0 aliphatic rings. The van der Waals surface area contributed by atoms with Gasteiger partial charge < -0.3 is 19.7 Å². The summed E-state index contributed by atoms with van der Waals surface area (Å²) in [6.07, 6.45) is 3.24. The Bertz CT molecular complexity index is 1410. The smallest absolute Gasteiger partial charge is 0.285 e. The van der Waals surface area contributed by atoms with E-state index in [4.69, 9.17) is 9.47 Å². The van der Waals surface area contributed by atoms with Gasteiger partial charge in [0, 0.05) is 40.8 Å². The number of hydrazone groups is 1. The van der Waals surface area contributed by atoms with Crippen molar-refractivity contribution >= 4 is 28.7 Å². The minimum Gasteiger partial charge on any atom is -0.493 e. The molecule has 4 aromatic rings. The molecule has 174 valence electrons. The molecule has 13 heteroatoms. The number of nitro benzene ring substituents is 1. The first-order chi connectivity index (χ1) is 16.4. The summed E-state index contributed by atoms with van der Waals surface area (Å²) in [7, 11) is 1.33. The largest absolute Gasteiger partial charge is 0.493 e. The Balaban J connectivity index is 1.48. The number of para-hydroxylation sites is 1. The van der Waals surface area contributed by atoms with Gasteiger partial charge in [0.05, 0.1) is 24.3 Å². The van der Waals surface area contributed by atoms with Gasteiger partial charge in [0.25, 0.3) is 17.3 Å². The second-order valence-electron chi connectivity index (χ2n) is 7.01. The highest BCUT2D eigenvalue weighted by molar-refractivity contribution is 5.99. The van der Waals surface area contributed by atoms with Crippen LogP contribution >= 0.6 is 0 Å². The van der Waals surface area contributed by atoms with Gasteiger partial charge in [0.1, 0.15) is 5.56 Å². The van der Waals surface area contributed by atoms with Crippen molar-refractivity contribution in [1.82, 2.24) is 15.6 Å². The molecule has 0 fully saturated rings. The standard InChI is InChI=1S/C21H18N6O7/c1-12-21(25-34-27(12)31)15-7-18(32-2)19(8-17(15)26(29)30)33-11-20(28)24-23-10-13-9-22-16-6-4-3-5-14(13)16/h3-10,22H,11H2,1-2H3,(H,24,28)/b23-10+. The van der Waals surface area contributed by atoms with Crippen LogP contribution in [-0.4, -0.2) is 40.9 Å². The third kappa shape index (κ3) is 4.34. The van der Waals surface area contributed by atoms with Crippen molar-refractivity contribution in [3.63, 3.8) is 0 Å². The molecule has 2 heterocycles. The molecule has 0 aliphatic heterocycles. The number of hydrogen-bond donors (Lipinski definition) is 2. The number of carbonyl (C=O) groups excluding carboxylic acids is 1. The normalized spacial score (nSPS) is 11.1. The van der Waals surface area contributed by atoms with Gasteiger partial charge in [0.2, 0.25) is 5.69 Å². The summed E-state index contributed by atoms with van der Waals surface area (Å²) < 4.78 is 15.2. The molecule has 0 bridgehead atoms. The van der Waals surface area contributed by atoms with Gasteiger partial charge in [-0.3, -0.25) is 19.5 Å². The SMILES string of the molecule is COc1cc(-c2no[n+]([O-])c2C)c([N+](=O)[O-])cc1OCC(=O)N/N=C/c1c[nH]c2ccccc12. The average Bonchev–Trinajstić information content (AvgIpc) is 3.40. The summed E-state index contributed by atoms with van der Waals surface area (Å²) >= 11 is 0. The van der Waals surface area contributed by atoms with Crippen molar-refractivity contribution in [1.29, 1.82) is 0 Å². The van der Waals surface area contributed by atoms with E-state index < -0.39 is 23.1 Å². The topological polar surface area (TPSA) is 172 Å². The maximum Gasteiger partial charge on any atom is 0.285 e. The Labute approximate surface area is 191 Å². The Kier molecular flexibility index (Phi) is 6.07. The number of carbonyl (C=O) groups is 1. The number of H-pyrrole nitrogens is 1. The molecule has 2 aromatic carbocycles. The van der Waals surface area contributed by atoms with Crippen LogP contribution in [0.25, 0.3) is 22.2 Å².